The highest BCUT2D eigenvalue weighted by Gasteiger charge is 2.12. The van der Waals surface area contributed by atoms with Crippen molar-refractivity contribution in [3.63, 3.8) is 0 Å². The molecule has 0 spiro atoms. The number of aryl methyl sites for hydroxylation is 1. The Hall–Kier alpha value is -1.39. The van der Waals surface area contributed by atoms with Gasteiger partial charge in [0.1, 0.15) is 11.9 Å². The van der Waals surface area contributed by atoms with Gasteiger partial charge >= 0.3 is 0 Å². The number of hydrogen-bond donors (Lipinski definition) is 1. The second kappa shape index (κ2) is 4.85. The largest absolute Gasteiger partial charge is 0.386 e. The molecule has 17 heavy (non-hydrogen) atoms. The first-order chi connectivity index (χ1) is 8.06. The number of rotatable bonds is 3. The van der Waals surface area contributed by atoms with Crippen molar-refractivity contribution in [3.05, 3.63) is 52.8 Å². The van der Waals surface area contributed by atoms with Crippen LogP contribution in [0.15, 0.2) is 30.7 Å². The molecule has 1 aromatic heterocycles. The molecule has 0 amide bonds. The maximum absolute atomic E-state index is 13.2. The fraction of sp³-hybridized carbons (Fsp3) is 0.250. The van der Waals surface area contributed by atoms with Crippen LogP contribution in [0.5, 0.6) is 0 Å². The van der Waals surface area contributed by atoms with Crippen molar-refractivity contribution < 1.29 is 9.50 Å². The molecule has 1 unspecified atom stereocenters. The quantitative estimate of drug-likeness (QED) is 0.914. The molecular formula is C12H12ClFN2O. The molecule has 0 radical (unpaired) electrons. The molecule has 0 aliphatic heterocycles. The van der Waals surface area contributed by atoms with Gasteiger partial charge < -0.3 is 9.67 Å². The van der Waals surface area contributed by atoms with E-state index in [2.05, 4.69) is 4.98 Å². The van der Waals surface area contributed by atoms with Gasteiger partial charge in [0.2, 0.25) is 0 Å². The van der Waals surface area contributed by atoms with Gasteiger partial charge in [-0.2, -0.15) is 0 Å². The minimum absolute atomic E-state index is 0.0843. The highest BCUT2D eigenvalue weighted by Crippen LogP contribution is 2.20. The Bertz CT molecular complexity index is 527. The monoisotopic (exact) mass is 254 g/mol. The van der Waals surface area contributed by atoms with Gasteiger partial charge in [0.25, 0.3) is 0 Å². The van der Waals surface area contributed by atoms with Crippen molar-refractivity contribution in [1.29, 1.82) is 0 Å². The van der Waals surface area contributed by atoms with Crippen molar-refractivity contribution in [2.45, 2.75) is 12.5 Å². The van der Waals surface area contributed by atoms with Crippen LogP contribution in [-0.4, -0.2) is 14.7 Å². The molecule has 0 fully saturated rings. The molecule has 0 saturated carbocycles. The maximum atomic E-state index is 13.2. The van der Waals surface area contributed by atoms with Crippen LogP contribution in [-0.2, 0) is 13.5 Å². The van der Waals surface area contributed by atoms with Crippen LogP contribution in [0, 0.1) is 5.82 Å². The van der Waals surface area contributed by atoms with E-state index in [1.807, 2.05) is 7.05 Å². The molecular weight excluding hydrogens is 243 g/mol. The van der Waals surface area contributed by atoms with Gasteiger partial charge in [0.05, 0.1) is 17.0 Å². The number of aliphatic hydroxyl groups is 1. The van der Waals surface area contributed by atoms with Crippen LogP contribution >= 0.6 is 11.6 Å². The van der Waals surface area contributed by atoms with Gasteiger partial charge in [0.15, 0.2) is 0 Å². The van der Waals surface area contributed by atoms with Crippen LogP contribution in [0.3, 0.4) is 0 Å². The molecule has 0 bridgehead atoms. The lowest BCUT2D eigenvalue weighted by atomic mass is 10.1. The van der Waals surface area contributed by atoms with Crippen LogP contribution in [0.25, 0.3) is 0 Å². The summed E-state index contributed by atoms with van der Waals surface area (Å²) in [4.78, 5) is 4.04. The molecule has 1 N–H and O–H groups in total. The number of nitrogens with zero attached hydrogens (tertiary/aromatic N) is 2. The molecule has 0 saturated heterocycles. The third kappa shape index (κ3) is 2.84. The molecule has 1 aromatic carbocycles. The highest BCUT2D eigenvalue weighted by molar-refractivity contribution is 6.30. The standard InChI is InChI=1S/C12H12ClFN2O/c1-16-6-11(15-7-16)12(17)5-8-2-3-9(13)10(14)4-8/h2-4,6-7,12,17H,5H2,1H3. The molecule has 2 aromatic rings. The van der Waals surface area contributed by atoms with E-state index < -0.39 is 11.9 Å². The third-order valence-corrected chi connectivity index (χ3v) is 2.79. The highest BCUT2D eigenvalue weighted by atomic mass is 35.5. The van der Waals surface area contributed by atoms with E-state index in [0.717, 1.165) is 0 Å². The second-order valence-electron chi connectivity index (χ2n) is 3.93. The van der Waals surface area contributed by atoms with E-state index in [4.69, 9.17) is 11.6 Å². The summed E-state index contributed by atoms with van der Waals surface area (Å²) in [6.45, 7) is 0. The summed E-state index contributed by atoms with van der Waals surface area (Å²) in [5, 5.41) is 10.0. The van der Waals surface area contributed by atoms with Gasteiger partial charge in [-0.05, 0) is 17.7 Å². The van der Waals surface area contributed by atoms with E-state index in [9.17, 15) is 9.50 Å². The lowest BCUT2D eigenvalue weighted by Crippen LogP contribution is -2.02. The molecule has 5 heteroatoms. The van der Waals surface area contributed by atoms with E-state index >= 15 is 0 Å². The molecule has 1 atom stereocenters. The first-order valence-electron chi connectivity index (χ1n) is 5.16. The molecule has 1 heterocycles. The molecule has 90 valence electrons. The van der Waals surface area contributed by atoms with Gasteiger partial charge in [-0.25, -0.2) is 9.37 Å². The Morgan fingerprint density at radius 2 is 2.29 bits per heavy atom. The number of imidazole rings is 1. The SMILES string of the molecule is Cn1cnc(C(O)Cc2ccc(Cl)c(F)c2)c1. The van der Waals surface area contributed by atoms with Gasteiger partial charge in [-0.3, -0.25) is 0 Å². The van der Waals surface area contributed by atoms with Gasteiger partial charge in [0, 0.05) is 19.7 Å². The zero-order chi connectivity index (χ0) is 12.4. The van der Waals surface area contributed by atoms with Crippen LogP contribution in [0.4, 0.5) is 4.39 Å². The summed E-state index contributed by atoms with van der Waals surface area (Å²) in [6.07, 6.45) is 2.92. The number of aliphatic hydroxyl groups excluding tert-OH is 1. The van der Waals surface area contributed by atoms with Crippen LogP contribution in [0.1, 0.15) is 17.4 Å². The predicted octanol–water partition coefficient (Wildman–Crippen LogP) is 2.49. The lowest BCUT2D eigenvalue weighted by molar-refractivity contribution is 0.174. The normalized spacial score (nSPS) is 12.7. The van der Waals surface area contributed by atoms with E-state index in [-0.39, 0.29) is 5.02 Å². The number of halogens is 2. The number of aromatic nitrogens is 2. The molecule has 3 nitrogen and oxygen atoms in total. The average molecular weight is 255 g/mol. The Balaban J connectivity index is 2.12. The molecule has 0 aliphatic rings. The van der Waals surface area contributed by atoms with Crippen LogP contribution in [0.2, 0.25) is 5.02 Å². The zero-order valence-corrected chi connectivity index (χ0v) is 10.0. The summed E-state index contributed by atoms with van der Waals surface area (Å²) < 4.78 is 15.0. The Labute approximate surface area is 103 Å². The van der Waals surface area contributed by atoms with E-state index in [1.165, 1.54) is 12.1 Å². The van der Waals surface area contributed by atoms with Gasteiger partial charge in [-0.15, -0.1) is 0 Å². The summed E-state index contributed by atoms with van der Waals surface area (Å²) >= 11 is 5.58. The van der Waals surface area contributed by atoms with E-state index in [0.29, 0.717) is 17.7 Å². The minimum Gasteiger partial charge on any atom is -0.386 e. The van der Waals surface area contributed by atoms with Gasteiger partial charge in [-0.1, -0.05) is 17.7 Å². The third-order valence-electron chi connectivity index (χ3n) is 2.48. The smallest absolute Gasteiger partial charge is 0.142 e. The zero-order valence-electron chi connectivity index (χ0n) is 9.27. The van der Waals surface area contributed by atoms with Crippen molar-refractivity contribution in [1.82, 2.24) is 9.55 Å². The summed E-state index contributed by atoms with van der Waals surface area (Å²) in [6, 6.07) is 4.50. The maximum Gasteiger partial charge on any atom is 0.142 e. The molecule has 0 aliphatic carbocycles. The van der Waals surface area contributed by atoms with Crippen molar-refractivity contribution >= 4 is 11.6 Å². The molecule has 2 rings (SSSR count). The average Bonchev–Trinajstić information content (AvgIpc) is 2.70. The van der Waals surface area contributed by atoms with Crippen molar-refractivity contribution in [2.24, 2.45) is 7.05 Å². The Morgan fingerprint density at radius 1 is 1.53 bits per heavy atom. The first kappa shape index (κ1) is 12.1. The Morgan fingerprint density at radius 3 is 2.88 bits per heavy atom. The lowest BCUT2D eigenvalue weighted by Gasteiger charge is -2.08. The number of benzene rings is 1. The van der Waals surface area contributed by atoms with Crippen LogP contribution < -0.4 is 0 Å². The number of hydrogen-bond acceptors (Lipinski definition) is 2. The summed E-state index contributed by atoms with van der Waals surface area (Å²) in [7, 11) is 1.82. The first-order valence-corrected chi connectivity index (χ1v) is 5.54. The predicted molar refractivity (Wildman–Crippen MR) is 63.3 cm³/mol. The summed E-state index contributed by atoms with van der Waals surface area (Å²) in [5.74, 6) is -0.475. The summed E-state index contributed by atoms with van der Waals surface area (Å²) in [5.41, 5.74) is 1.26. The van der Waals surface area contributed by atoms with Crippen molar-refractivity contribution in [3.8, 4) is 0 Å². The van der Waals surface area contributed by atoms with Crippen molar-refractivity contribution in [2.75, 3.05) is 0 Å². The van der Waals surface area contributed by atoms with E-state index in [1.54, 1.807) is 23.2 Å². The fourth-order valence-corrected chi connectivity index (χ4v) is 1.72. The minimum atomic E-state index is -0.739. The Kier molecular flexibility index (Phi) is 3.45. The fourth-order valence-electron chi connectivity index (χ4n) is 1.60. The second-order valence-corrected chi connectivity index (χ2v) is 4.34. The topological polar surface area (TPSA) is 38.0 Å².